The number of hydrogen-bond acceptors (Lipinski definition) is 3. The number of halogens is 1. The number of ether oxygens (including phenoxy) is 1. The molecule has 0 aliphatic rings. The topological polar surface area (TPSA) is 58.6 Å². The molecule has 1 N–H and O–H groups in total. The van der Waals surface area contributed by atoms with Crippen molar-refractivity contribution in [2.75, 3.05) is 20.1 Å². The number of carbonyl (C=O) groups excluding carboxylic acids is 2. The molecule has 0 saturated carbocycles. The first-order valence-corrected chi connectivity index (χ1v) is 6.78. The van der Waals surface area contributed by atoms with Gasteiger partial charge in [-0.2, -0.15) is 0 Å². The van der Waals surface area contributed by atoms with Crippen LogP contribution in [0.3, 0.4) is 0 Å². The van der Waals surface area contributed by atoms with E-state index in [1.807, 2.05) is 6.92 Å². The molecule has 1 rings (SSSR count). The summed E-state index contributed by atoms with van der Waals surface area (Å²) >= 11 is 5.98. The first-order valence-electron chi connectivity index (χ1n) is 6.40. The van der Waals surface area contributed by atoms with Gasteiger partial charge in [0.1, 0.15) is 5.75 Å². The molecule has 0 radical (unpaired) electrons. The van der Waals surface area contributed by atoms with Crippen LogP contribution < -0.4 is 10.1 Å². The maximum atomic E-state index is 12.2. The Hall–Kier alpha value is -1.75. The highest BCUT2D eigenvalue weighted by Gasteiger charge is 2.23. The fourth-order valence-electron chi connectivity index (χ4n) is 1.64. The Labute approximate surface area is 123 Å². The third-order valence-electron chi connectivity index (χ3n) is 2.79. The second kappa shape index (κ2) is 7.75. The van der Waals surface area contributed by atoms with Gasteiger partial charge in [0.05, 0.1) is 11.6 Å². The van der Waals surface area contributed by atoms with Crippen LogP contribution in [0.4, 0.5) is 0 Å². The molecule has 2 amide bonds. The van der Waals surface area contributed by atoms with Crippen LogP contribution in [-0.2, 0) is 9.59 Å². The zero-order valence-electron chi connectivity index (χ0n) is 11.9. The monoisotopic (exact) mass is 298 g/mol. The smallest absolute Gasteiger partial charge is 0.263 e. The molecule has 1 aromatic carbocycles. The molecule has 1 atom stereocenters. The van der Waals surface area contributed by atoms with E-state index < -0.39 is 6.10 Å². The molecule has 0 heterocycles. The van der Waals surface area contributed by atoms with Crippen molar-refractivity contribution in [1.82, 2.24) is 10.2 Å². The van der Waals surface area contributed by atoms with Crippen molar-refractivity contribution in [2.45, 2.75) is 20.0 Å². The molecule has 110 valence electrons. The van der Waals surface area contributed by atoms with Gasteiger partial charge in [0, 0.05) is 13.6 Å². The standard InChI is InChI=1S/C14H19ClN2O3/c1-4-17(9-13(18)16-3)14(19)10(2)20-12-8-6-5-7-11(12)15/h5-8,10H,4,9H2,1-3H3,(H,16,18)/t10-/m1/s1. The number of nitrogens with one attached hydrogen (secondary N) is 1. The van der Waals surface area contributed by atoms with E-state index in [9.17, 15) is 9.59 Å². The highest BCUT2D eigenvalue weighted by Crippen LogP contribution is 2.24. The summed E-state index contributed by atoms with van der Waals surface area (Å²) in [6.45, 7) is 3.89. The second-order valence-corrected chi connectivity index (χ2v) is 4.62. The van der Waals surface area contributed by atoms with E-state index in [1.165, 1.54) is 11.9 Å². The lowest BCUT2D eigenvalue weighted by atomic mass is 10.3. The highest BCUT2D eigenvalue weighted by molar-refractivity contribution is 6.32. The van der Waals surface area contributed by atoms with Crippen molar-refractivity contribution in [3.8, 4) is 5.75 Å². The zero-order chi connectivity index (χ0) is 15.1. The average molecular weight is 299 g/mol. The number of nitrogens with zero attached hydrogens (tertiary/aromatic N) is 1. The van der Waals surface area contributed by atoms with E-state index in [4.69, 9.17) is 16.3 Å². The van der Waals surface area contributed by atoms with Gasteiger partial charge in [-0.15, -0.1) is 0 Å². The van der Waals surface area contributed by atoms with E-state index in [1.54, 1.807) is 31.2 Å². The van der Waals surface area contributed by atoms with E-state index in [2.05, 4.69) is 5.32 Å². The third-order valence-corrected chi connectivity index (χ3v) is 3.11. The summed E-state index contributed by atoms with van der Waals surface area (Å²) in [6.07, 6.45) is -0.709. The Morgan fingerprint density at radius 2 is 2.05 bits per heavy atom. The normalized spacial score (nSPS) is 11.6. The number of amides is 2. The molecule has 0 bridgehead atoms. The van der Waals surface area contributed by atoms with Gasteiger partial charge in [-0.1, -0.05) is 23.7 Å². The van der Waals surface area contributed by atoms with Crippen LogP contribution in [0, 0.1) is 0 Å². The number of rotatable bonds is 6. The molecule has 0 spiro atoms. The average Bonchev–Trinajstić information content (AvgIpc) is 2.46. The van der Waals surface area contributed by atoms with Gasteiger partial charge < -0.3 is 15.0 Å². The number of carbonyl (C=O) groups is 2. The van der Waals surface area contributed by atoms with Crippen molar-refractivity contribution < 1.29 is 14.3 Å². The molecule has 0 aromatic heterocycles. The van der Waals surface area contributed by atoms with Gasteiger partial charge in [0.15, 0.2) is 6.10 Å². The maximum absolute atomic E-state index is 12.2. The highest BCUT2D eigenvalue weighted by atomic mass is 35.5. The molecule has 20 heavy (non-hydrogen) atoms. The minimum Gasteiger partial charge on any atom is -0.479 e. The predicted molar refractivity (Wildman–Crippen MR) is 77.9 cm³/mol. The summed E-state index contributed by atoms with van der Waals surface area (Å²) in [6, 6.07) is 6.95. The van der Waals surface area contributed by atoms with Crippen LogP contribution in [0.15, 0.2) is 24.3 Å². The van der Waals surface area contributed by atoms with Crippen LogP contribution in [0.2, 0.25) is 5.02 Å². The Morgan fingerprint density at radius 1 is 1.40 bits per heavy atom. The Morgan fingerprint density at radius 3 is 2.60 bits per heavy atom. The second-order valence-electron chi connectivity index (χ2n) is 4.22. The predicted octanol–water partition coefficient (Wildman–Crippen LogP) is 1.70. The fourth-order valence-corrected chi connectivity index (χ4v) is 1.82. The molecule has 5 nitrogen and oxygen atoms in total. The zero-order valence-corrected chi connectivity index (χ0v) is 12.6. The van der Waals surface area contributed by atoms with E-state index in [0.717, 1.165) is 0 Å². The molecular weight excluding hydrogens is 280 g/mol. The number of benzene rings is 1. The largest absolute Gasteiger partial charge is 0.479 e. The molecule has 6 heteroatoms. The third kappa shape index (κ3) is 4.42. The van der Waals surface area contributed by atoms with Crippen molar-refractivity contribution in [2.24, 2.45) is 0 Å². The lowest BCUT2D eigenvalue weighted by Crippen LogP contribution is -2.45. The van der Waals surface area contributed by atoms with Crippen LogP contribution in [-0.4, -0.2) is 43.0 Å². The molecule has 0 unspecified atom stereocenters. The van der Waals surface area contributed by atoms with E-state index >= 15 is 0 Å². The van der Waals surface area contributed by atoms with Gasteiger partial charge in [-0.3, -0.25) is 9.59 Å². The van der Waals surface area contributed by atoms with Crippen molar-refractivity contribution in [3.63, 3.8) is 0 Å². The summed E-state index contributed by atoms with van der Waals surface area (Å²) in [4.78, 5) is 25.0. The van der Waals surface area contributed by atoms with E-state index in [-0.39, 0.29) is 18.4 Å². The first kappa shape index (κ1) is 16.3. The summed E-state index contributed by atoms with van der Waals surface area (Å²) in [5.74, 6) is -0.0211. The molecular formula is C14H19ClN2O3. The molecule has 0 fully saturated rings. The first-order chi connectivity index (χ1) is 9.49. The van der Waals surface area contributed by atoms with Gasteiger partial charge in [-0.25, -0.2) is 0 Å². The lowest BCUT2D eigenvalue weighted by Gasteiger charge is -2.24. The number of para-hydroxylation sites is 1. The Kier molecular flexibility index (Phi) is 6.31. The summed E-state index contributed by atoms with van der Waals surface area (Å²) < 4.78 is 5.55. The van der Waals surface area contributed by atoms with Gasteiger partial charge in [-0.05, 0) is 26.0 Å². The Bertz CT molecular complexity index is 479. The van der Waals surface area contributed by atoms with Crippen LogP contribution in [0.25, 0.3) is 0 Å². The molecule has 1 aromatic rings. The molecule has 0 aliphatic carbocycles. The van der Waals surface area contributed by atoms with Crippen LogP contribution >= 0.6 is 11.6 Å². The van der Waals surface area contributed by atoms with Crippen LogP contribution in [0.1, 0.15) is 13.8 Å². The molecule has 0 saturated heterocycles. The number of hydrogen-bond donors (Lipinski definition) is 1. The minimum absolute atomic E-state index is 0.0159. The van der Waals surface area contributed by atoms with E-state index in [0.29, 0.717) is 17.3 Å². The van der Waals surface area contributed by atoms with Crippen molar-refractivity contribution in [3.05, 3.63) is 29.3 Å². The lowest BCUT2D eigenvalue weighted by molar-refractivity contribution is -0.141. The van der Waals surface area contributed by atoms with Crippen molar-refractivity contribution in [1.29, 1.82) is 0 Å². The summed E-state index contributed by atoms with van der Waals surface area (Å²) in [5.41, 5.74) is 0. The van der Waals surface area contributed by atoms with Gasteiger partial charge >= 0.3 is 0 Å². The summed E-state index contributed by atoms with van der Waals surface area (Å²) in [5, 5.41) is 2.93. The van der Waals surface area contributed by atoms with Crippen LogP contribution in [0.5, 0.6) is 5.75 Å². The van der Waals surface area contributed by atoms with Crippen molar-refractivity contribution >= 4 is 23.4 Å². The number of likely N-dealkylation sites (N-methyl/N-ethyl adjacent to an activating group) is 2. The Balaban J connectivity index is 2.70. The molecule has 0 aliphatic heterocycles. The summed E-state index contributed by atoms with van der Waals surface area (Å²) in [7, 11) is 1.53. The fraction of sp³-hybridized carbons (Fsp3) is 0.429. The minimum atomic E-state index is -0.709. The van der Waals surface area contributed by atoms with Gasteiger partial charge in [0.25, 0.3) is 5.91 Å². The maximum Gasteiger partial charge on any atom is 0.263 e. The SMILES string of the molecule is CCN(CC(=O)NC)C(=O)[C@@H](C)Oc1ccccc1Cl. The van der Waals surface area contributed by atoms with Gasteiger partial charge in [0.2, 0.25) is 5.91 Å². The quantitative estimate of drug-likeness (QED) is 0.869.